The first-order chi connectivity index (χ1) is 8.30. The molecular weight excluding hydrogens is 208 g/mol. The van der Waals surface area contributed by atoms with Crippen molar-refractivity contribution in [2.24, 2.45) is 5.92 Å². The lowest BCUT2D eigenvalue weighted by Crippen LogP contribution is -2.07. The predicted molar refractivity (Wildman–Crippen MR) is 74.1 cm³/mol. The Kier molecular flexibility index (Phi) is 8.04. The molecule has 0 fully saturated rings. The van der Waals surface area contributed by atoms with Crippen molar-refractivity contribution in [3.63, 3.8) is 0 Å². The first kappa shape index (κ1) is 14.5. The van der Waals surface area contributed by atoms with Crippen LogP contribution in [-0.4, -0.2) is 5.78 Å². The van der Waals surface area contributed by atoms with E-state index in [4.69, 9.17) is 0 Å². The molecule has 17 heavy (non-hydrogen) atoms. The number of rotatable bonds is 0. The van der Waals surface area contributed by atoms with Crippen LogP contribution in [0.4, 0.5) is 0 Å². The number of allylic oxidation sites excluding steroid dienone is 2. The van der Waals surface area contributed by atoms with Gasteiger partial charge in [0.05, 0.1) is 0 Å². The Morgan fingerprint density at radius 2 is 1.41 bits per heavy atom. The molecule has 1 atom stereocenters. The molecule has 0 heterocycles. The summed E-state index contributed by atoms with van der Waals surface area (Å²) in [6.45, 7) is 2.04. The predicted octanol–water partition coefficient (Wildman–Crippen LogP) is 5.05. The summed E-state index contributed by atoms with van der Waals surface area (Å²) in [5.74, 6) is 0.566. The molecule has 0 amide bonds. The molecule has 1 rings (SSSR count). The summed E-state index contributed by atoms with van der Waals surface area (Å²) < 4.78 is 0. The van der Waals surface area contributed by atoms with Crippen LogP contribution in [0.5, 0.6) is 0 Å². The largest absolute Gasteiger partial charge is 0.299 e. The number of ketones is 1. The van der Waals surface area contributed by atoms with Crippen LogP contribution < -0.4 is 0 Å². The molecule has 1 aliphatic carbocycles. The Labute approximate surface area is 107 Å². The third-order valence-corrected chi connectivity index (χ3v) is 3.73. The summed E-state index contributed by atoms with van der Waals surface area (Å²) in [5, 5.41) is 0. The minimum Gasteiger partial charge on any atom is -0.299 e. The SMILES string of the molecule is C[C@@H]1C=CCCCCCCCCCCCC1=O. The molecule has 98 valence electrons. The molecule has 0 aromatic rings. The van der Waals surface area contributed by atoms with Gasteiger partial charge in [0.25, 0.3) is 0 Å². The van der Waals surface area contributed by atoms with Crippen molar-refractivity contribution in [2.45, 2.75) is 77.6 Å². The van der Waals surface area contributed by atoms with E-state index in [1.54, 1.807) is 0 Å². The highest BCUT2D eigenvalue weighted by Gasteiger charge is 2.08. The van der Waals surface area contributed by atoms with Crippen molar-refractivity contribution in [2.75, 3.05) is 0 Å². The maximum atomic E-state index is 11.8. The van der Waals surface area contributed by atoms with E-state index in [-0.39, 0.29) is 5.92 Å². The van der Waals surface area contributed by atoms with E-state index < -0.39 is 0 Å². The van der Waals surface area contributed by atoms with Gasteiger partial charge in [0, 0.05) is 12.3 Å². The maximum Gasteiger partial charge on any atom is 0.139 e. The van der Waals surface area contributed by atoms with Gasteiger partial charge in [-0.1, -0.05) is 64.0 Å². The van der Waals surface area contributed by atoms with E-state index in [9.17, 15) is 4.79 Å². The van der Waals surface area contributed by atoms with E-state index in [1.807, 2.05) is 6.92 Å². The van der Waals surface area contributed by atoms with Crippen molar-refractivity contribution in [1.29, 1.82) is 0 Å². The molecule has 0 aliphatic heterocycles. The third-order valence-electron chi connectivity index (χ3n) is 3.73. The summed E-state index contributed by atoms with van der Waals surface area (Å²) >= 11 is 0. The van der Waals surface area contributed by atoms with Crippen LogP contribution in [0.3, 0.4) is 0 Å². The first-order valence-corrected chi connectivity index (χ1v) is 7.50. The van der Waals surface area contributed by atoms with Crippen LogP contribution in [0, 0.1) is 5.92 Å². The van der Waals surface area contributed by atoms with Gasteiger partial charge >= 0.3 is 0 Å². The van der Waals surface area contributed by atoms with Gasteiger partial charge in [-0.3, -0.25) is 4.79 Å². The van der Waals surface area contributed by atoms with Crippen molar-refractivity contribution >= 4 is 5.78 Å². The van der Waals surface area contributed by atoms with Gasteiger partial charge in [-0.25, -0.2) is 0 Å². The zero-order valence-electron chi connectivity index (χ0n) is 11.4. The normalized spacial score (nSPS) is 26.2. The lowest BCUT2D eigenvalue weighted by atomic mass is 9.99. The van der Waals surface area contributed by atoms with E-state index in [0.717, 1.165) is 19.3 Å². The lowest BCUT2D eigenvalue weighted by molar-refractivity contribution is -0.121. The third kappa shape index (κ3) is 7.36. The molecule has 1 nitrogen and oxygen atoms in total. The number of carbonyl (C=O) groups excluding carboxylic acids is 1. The summed E-state index contributed by atoms with van der Waals surface area (Å²) in [5.41, 5.74) is 0. The van der Waals surface area contributed by atoms with E-state index in [2.05, 4.69) is 12.2 Å². The van der Waals surface area contributed by atoms with E-state index >= 15 is 0 Å². The molecule has 0 saturated carbocycles. The molecule has 1 aliphatic rings. The fourth-order valence-electron chi connectivity index (χ4n) is 2.43. The fourth-order valence-corrected chi connectivity index (χ4v) is 2.43. The smallest absolute Gasteiger partial charge is 0.139 e. The van der Waals surface area contributed by atoms with E-state index in [1.165, 1.54) is 51.4 Å². The average molecular weight is 236 g/mol. The highest BCUT2D eigenvalue weighted by Crippen LogP contribution is 2.14. The average Bonchev–Trinajstić information content (AvgIpc) is 2.34. The van der Waals surface area contributed by atoms with Crippen LogP contribution in [0.1, 0.15) is 77.6 Å². The summed E-state index contributed by atoms with van der Waals surface area (Å²) in [6.07, 6.45) is 18.1. The van der Waals surface area contributed by atoms with Gasteiger partial charge in [0.15, 0.2) is 0 Å². The van der Waals surface area contributed by atoms with Gasteiger partial charge in [-0.05, 0) is 19.3 Å². The monoisotopic (exact) mass is 236 g/mol. The maximum absolute atomic E-state index is 11.8. The zero-order valence-corrected chi connectivity index (χ0v) is 11.4. The number of carbonyl (C=O) groups is 1. The second kappa shape index (κ2) is 9.44. The zero-order chi connectivity index (χ0) is 12.3. The molecule has 0 saturated heterocycles. The topological polar surface area (TPSA) is 17.1 Å². The van der Waals surface area contributed by atoms with Gasteiger partial charge in [0.2, 0.25) is 0 Å². The van der Waals surface area contributed by atoms with E-state index in [0.29, 0.717) is 5.78 Å². The second-order valence-electron chi connectivity index (χ2n) is 5.40. The van der Waals surface area contributed by atoms with Crippen molar-refractivity contribution in [3.05, 3.63) is 12.2 Å². The summed E-state index contributed by atoms with van der Waals surface area (Å²) in [6, 6.07) is 0. The highest BCUT2D eigenvalue weighted by atomic mass is 16.1. The number of Topliss-reactive ketones (excluding diaryl/α,β-unsaturated/α-hetero) is 1. The number of hydrogen-bond acceptors (Lipinski definition) is 1. The van der Waals surface area contributed by atoms with Gasteiger partial charge in [-0.15, -0.1) is 0 Å². The minimum atomic E-state index is 0.139. The highest BCUT2D eigenvalue weighted by molar-refractivity contribution is 5.82. The second-order valence-corrected chi connectivity index (χ2v) is 5.40. The summed E-state index contributed by atoms with van der Waals surface area (Å²) in [4.78, 5) is 11.8. The van der Waals surface area contributed by atoms with Crippen molar-refractivity contribution in [3.8, 4) is 0 Å². The molecule has 0 bridgehead atoms. The number of hydrogen-bond donors (Lipinski definition) is 0. The molecule has 0 unspecified atom stereocenters. The molecule has 0 aromatic carbocycles. The quantitative estimate of drug-likeness (QED) is 0.538. The van der Waals surface area contributed by atoms with Crippen LogP contribution in [0.15, 0.2) is 12.2 Å². The van der Waals surface area contributed by atoms with Gasteiger partial charge < -0.3 is 0 Å². The Balaban J connectivity index is 2.32. The Morgan fingerprint density at radius 3 is 2.06 bits per heavy atom. The fraction of sp³-hybridized carbons (Fsp3) is 0.812. The van der Waals surface area contributed by atoms with Crippen molar-refractivity contribution in [1.82, 2.24) is 0 Å². The Morgan fingerprint density at radius 1 is 0.882 bits per heavy atom. The standard InChI is InChI=1S/C16H28O/c1-15-13-11-9-7-5-3-2-4-6-8-10-12-14-16(15)17/h11,13,15H,2-10,12,14H2,1H3/t15-/m1/s1. The van der Waals surface area contributed by atoms with Gasteiger partial charge in [-0.2, -0.15) is 0 Å². The summed E-state index contributed by atoms with van der Waals surface area (Å²) in [7, 11) is 0. The minimum absolute atomic E-state index is 0.139. The van der Waals surface area contributed by atoms with Crippen LogP contribution in [-0.2, 0) is 4.79 Å². The van der Waals surface area contributed by atoms with Crippen LogP contribution >= 0.6 is 0 Å². The molecule has 0 aromatic heterocycles. The molecule has 0 spiro atoms. The van der Waals surface area contributed by atoms with Crippen LogP contribution in [0.2, 0.25) is 0 Å². The Bertz CT molecular complexity index is 230. The molecule has 0 N–H and O–H groups in total. The van der Waals surface area contributed by atoms with Gasteiger partial charge in [0.1, 0.15) is 5.78 Å². The lowest BCUT2D eigenvalue weighted by Gasteiger charge is -2.05. The Hall–Kier alpha value is -0.590. The van der Waals surface area contributed by atoms with Crippen LogP contribution in [0.25, 0.3) is 0 Å². The van der Waals surface area contributed by atoms with Crippen molar-refractivity contribution < 1.29 is 4.79 Å². The molecule has 1 heteroatoms. The first-order valence-electron chi connectivity index (χ1n) is 7.50. The molecular formula is C16H28O. The molecule has 0 radical (unpaired) electrons.